The van der Waals surface area contributed by atoms with Crippen LogP contribution in [0.2, 0.25) is 0 Å². The second-order valence-corrected chi connectivity index (χ2v) is 7.84. The van der Waals surface area contributed by atoms with Crippen LogP contribution in [-0.4, -0.2) is 44.9 Å². The zero-order chi connectivity index (χ0) is 20.8. The number of carboxylic acid groups (broad SMARTS) is 1. The summed E-state index contributed by atoms with van der Waals surface area (Å²) in [4.78, 5) is 15.0. The number of aliphatic hydroxyl groups is 2. The molecule has 28 heavy (non-hydrogen) atoms. The molecule has 5 atom stereocenters. The average Bonchev–Trinajstić information content (AvgIpc) is 2.93. The number of allylic oxidation sites excluding steroid dienone is 2. The molecular formula is C22H38O6. The SMILES string of the molecule is CCCCCC(C=C[C@@H]1[C@@H](CC=CCCCCCC(=O)O)[C@@H](O)C[C@H]1O)OO. The van der Waals surface area contributed by atoms with E-state index in [1.807, 2.05) is 12.2 Å². The molecule has 1 saturated carbocycles. The molecule has 1 aliphatic rings. The predicted octanol–water partition coefficient (Wildman–Crippen LogP) is 4.32. The molecule has 0 aromatic heterocycles. The molecule has 6 nitrogen and oxygen atoms in total. The highest BCUT2D eigenvalue weighted by Gasteiger charge is 2.39. The van der Waals surface area contributed by atoms with E-state index in [2.05, 4.69) is 17.9 Å². The monoisotopic (exact) mass is 398 g/mol. The molecule has 4 N–H and O–H groups in total. The summed E-state index contributed by atoms with van der Waals surface area (Å²) >= 11 is 0. The van der Waals surface area contributed by atoms with Crippen LogP contribution in [0, 0.1) is 11.8 Å². The van der Waals surface area contributed by atoms with Crippen molar-refractivity contribution in [3.8, 4) is 0 Å². The third kappa shape index (κ3) is 9.82. The summed E-state index contributed by atoms with van der Waals surface area (Å²) in [6.07, 6.45) is 14.9. The second kappa shape index (κ2) is 14.7. The van der Waals surface area contributed by atoms with Crippen LogP contribution in [0.3, 0.4) is 0 Å². The van der Waals surface area contributed by atoms with Crippen molar-refractivity contribution < 1.29 is 30.3 Å². The lowest BCUT2D eigenvalue weighted by atomic mass is 9.89. The van der Waals surface area contributed by atoms with Gasteiger partial charge in [0, 0.05) is 18.8 Å². The first-order chi connectivity index (χ1) is 13.5. The molecule has 0 aromatic rings. The number of carboxylic acids is 1. The van der Waals surface area contributed by atoms with Gasteiger partial charge in [-0.15, -0.1) is 0 Å². The molecule has 0 amide bonds. The van der Waals surface area contributed by atoms with E-state index in [1.165, 1.54) is 0 Å². The summed E-state index contributed by atoms with van der Waals surface area (Å²) in [7, 11) is 0. The van der Waals surface area contributed by atoms with E-state index >= 15 is 0 Å². The molecule has 0 aliphatic heterocycles. The summed E-state index contributed by atoms with van der Waals surface area (Å²) in [6, 6.07) is 0. The molecule has 0 heterocycles. The van der Waals surface area contributed by atoms with Crippen molar-refractivity contribution in [1.29, 1.82) is 0 Å². The summed E-state index contributed by atoms with van der Waals surface area (Å²) in [5.74, 6) is -0.953. The van der Waals surface area contributed by atoms with Gasteiger partial charge in [0.1, 0.15) is 6.10 Å². The minimum atomic E-state index is -0.748. The fourth-order valence-electron chi connectivity index (χ4n) is 3.82. The van der Waals surface area contributed by atoms with Crippen molar-refractivity contribution >= 4 is 5.97 Å². The van der Waals surface area contributed by atoms with Gasteiger partial charge in [0.15, 0.2) is 0 Å². The van der Waals surface area contributed by atoms with Crippen molar-refractivity contribution in [2.45, 2.75) is 95.9 Å². The molecule has 0 radical (unpaired) electrons. The number of hydrogen-bond acceptors (Lipinski definition) is 5. The molecule has 1 fully saturated rings. The lowest BCUT2D eigenvalue weighted by Gasteiger charge is -2.20. The molecule has 1 aliphatic carbocycles. The minimum absolute atomic E-state index is 0.0514. The van der Waals surface area contributed by atoms with Crippen molar-refractivity contribution in [2.75, 3.05) is 0 Å². The van der Waals surface area contributed by atoms with Crippen LogP contribution in [0.15, 0.2) is 24.3 Å². The largest absolute Gasteiger partial charge is 0.481 e. The van der Waals surface area contributed by atoms with Crippen LogP contribution in [0.1, 0.15) is 77.6 Å². The molecular weight excluding hydrogens is 360 g/mol. The first kappa shape index (κ1) is 24.8. The Balaban J connectivity index is 2.44. The summed E-state index contributed by atoms with van der Waals surface area (Å²) in [5.41, 5.74) is 0. The lowest BCUT2D eigenvalue weighted by molar-refractivity contribution is -0.267. The van der Waals surface area contributed by atoms with Crippen molar-refractivity contribution in [3.63, 3.8) is 0 Å². The van der Waals surface area contributed by atoms with E-state index in [0.717, 1.165) is 44.9 Å². The van der Waals surface area contributed by atoms with Gasteiger partial charge in [-0.25, -0.2) is 4.89 Å². The van der Waals surface area contributed by atoms with Gasteiger partial charge in [-0.1, -0.05) is 56.9 Å². The first-order valence-corrected chi connectivity index (χ1v) is 10.7. The first-order valence-electron chi connectivity index (χ1n) is 10.7. The van der Waals surface area contributed by atoms with E-state index in [0.29, 0.717) is 19.3 Å². The van der Waals surface area contributed by atoms with Crippen molar-refractivity contribution in [1.82, 2.24) is 0 Å². The zero-order valence-electron chi connectivity index (χ0n) is 17.1. The van der Waals surface area contributed by atoms with Gasteiger partial charge in [0.05, 0.1) is 12.2 Å². The second-order valence-electron chi connectivity index (χ2n) is 7.84. The van der Waals surface area contributed by atoms with Crippen LogP contribution < -0.4 is 0 Å². The van der Waals surface area contributed by atoms with E-state index in [-0.39, 0.29) is 24.4 Å². The number of rotatable bonds is 15. The van der Waals surface area contributed by atoms with Gasteiger partial charge in [-0.05, 0) is 38.0 Å². The highest BCUT2D eigenvalue weighted by Crippen LogP contribution is 2.36. The van der Waals surface area contributed by atoms with Gasteiger partial charge in [-0.2, -0.15) is 0 Å². The normalized spacial score (nSPS) is 26.4. The Labute approximate surface area is 168 Å². The Bertz CT molecular complexity index is 476. The van der Waals surface area contributed by atoms with E-state index < -0.39 is 18.2 Å². The van der Waals surface area contributed by atoms with Gasteiger partial charge in [0.2, 0.25) is 0 Å². The average molecular weight is 399 g/mol. The maximum atomic E-state index is 10.5. The molecule has 0 spiro atoms. The maximum absolute atomic E-state index is 10.5. The van der Waals surface area contributed by atoms with Gasteiger partial charge in [0.25, 0.3) is 0 Å². The maximum Gasteiger partial charge on any atom is 0.303 e. The number of unbranched alkanes of at least 4 members (excludes halogenated alkanes) is 5. The molecule has 162 valence electrons. The highest BCUT2D eigenvalue weighted by atomic mass is 17.1. The lowest BCUT2D eigenvalue weighted by Crippen LogP contribution is -2.20. The van der Waals surface area contributed by atoms with Crippen molar-refractivity contribution in [3.05, 3.63) is 24.3 Å². The summed E-state index contributed by atoms with van der Waals surface area (Å²) in [5, 5.41) is 38.3. The third-order valence-corrected chi connectivity index (χ3v) is 5.53. The fourth-order valence-corrected chi connectivity index (χ4v) is 3.82. The molecule has 1 rings (SSSR count). The number of aliphatic carboxylic acids is 1. The zero-order valence-corrected chi connectivity index (χ0v) is 17.1. The molecule has 0 bridgehead atoms. The van der Waals surface area contributed by atoms with Crippen LogP contribution in [-0.2, 0) is 9.68 Å². The molecule has 0 aromatic carbocycles. The van der Waals surface area contributed by atoms with Crippen LogP contribution >= 0.6 is 0 Å². The van der Waals surface area contributed by atoms with Gasteiger partial charge in [-0.3, -0.25) is 10.1 Å². The topological polar surface area (TPSA) is 107 Å². The Morgan fingerprint density at radius 1 is 1.11 bits per heavy atom. The summed E-state index contributed by atoms with van der Waals surface area (Å²) < 4.78 is 0. The predicted molar refractivity (Wildman–Crippen MR) is 109 cm³/mol. The third-order valence-electron chi connectivity index (χ3n) is 5.53. The minimum Gasteiger partial charge on any atom is -0.481 e. The number of carbonyl (C=O) groups is 1. The van der Waals surface area contributed by atoms with E-state index in [9.17, 15) is 15.0 Å². The Morgan fingerprint density at radius 3 is 2.57 bits per heavy atom. The van der Waals surface area contributed by atoms with Gasteiger partial charge >= 0.3 is 5.97 Å². The quantitative estimate of drug-likeness (QED) is 0.142. The molecule has 1 unspecified atom stereocenters. The molecule has 6 heteroatoms. The Morgan fingerprint density at radius 2 is 1.89 bits per heavy atom. The Kier molecular flexibility index (Phi) is 13.1. The van der Waals surface area contributed by atoms with Crippen molar-refractivity contribution in [2.24, 2.45) is 11.8 Å². The summed E-state index contributed by atoms with van der Waals surface area (Å²) in [6.45, 7) is 2.12. The van der Waals surface area contributed by atoms with E-state index in [1.54, 1.807) is 6.08 Å². The van der Waals surface area contributed by atoms with Crippen LogP contribution in [0.4, 0.5) is 0 Å². The smallest absolute Gasteiger partial charge is 0.303 e. The number of aliphatic hydroxyl groups excluding tert-OH is 2. The highest BCUT2D eigenvalue weighted by molar-refractivity contribution is 5.66. The van der Waals surface area contributed by atoms with Crippen LogP contribution in [0.5, 0.6) is 0 Å². The Hall–Kier alpha value is -1.21. The number of hydrogen-bond donors (Lipinski definition) is 4. The standard InChI is InChI=1S/C22H38O6/c1-2-3-8-11-17(28-27)14-15-19-18(20(23)16-21(19)24)12-9-6-4-5-7-10-13-22(25)26/h6,9,14-15,17-21,23-24,27H,2-5,7-8,10-13,16H2,1H3,(H,25,26)/t17?,18-,19-,20+,21-/m1/s1. The van der Waals surface area contributed by atoms with E-state index in [4.69, 9.17) is 10.4 Å². The van der Waals surface area contributed by atoms with Gasteiger partial charge < -0.3 is 15.3 Å². The van der Waals surface area contributed by atoms with Crippen LogP contribution in [0.25, 0.3) is 0 Å². The molecule has 0 saturated heterocycles. The fraction of sp³-hybridized carbons (Fsp3) is 0.773.